The van der Waals surface area contributed by atoms with Crippen molar-refractivity contribution in [3.05, 3.63) is 12.2 Å². The number of hydrogen-bond donors (Lipinski definition) is 1. The van der Waals surface area contributed by atoms with E-state index in [0.717, 1.165) is 5.57 Å². The number of carbonyl (C=O) groups is 1. The van der Waals surface area contributed by atoms with Crippen molar-refractivity contribution in [1.29, 1.82) is 0 Å². The van der Waals surface area contributed by atoms with Crippen LogP contribution in [0, 0.1) is 5.41 Å². The maximum Gasteiger partial charge on any atom is 0.225 e. The van der Waals surface area contributed by atoms with Crippen LogP contribution in [0.3, 0.4) is 0 Å². The Labute approximate surface area is 86.5 Å². The molecule has 1 N–H and O–H groups in total. The van der Waals surface area contributed by atoms with Gasteiger partial charge in [0.2, 0.25) is 5.91 Å². The molecular formula is C11H21NO2. The number of ether oxygens (including phenoxy) is 1. The predicted octanol–water partition coefficient (Wildman–Crippen LogP) is 1.74. The van der Waals surface area contributed by atoms with Crippen molar-refractivity contribution in [2.45, 2.75) is 27.7 Å². The van der Waals surface area contributed by atoms with E-state index in [1.165, 1.54) is 0 Å². The highest BCUT2D eigenvalue weighted by Gasteiger charge is 2.19. The Hall–Kier alpha value is -0.830. The van der Waals surface area contributed by atoms with E-state index < -0.39 is 0 Å². The quantitative estimate of drug-likeness (QED) is 0.541. The molecule has 0 unspecified atom stereocenters. The molecule has 0 aromatic heterocycles. The van der Waals surface area contributed by atoms with Crippen molar-refractivity contribution >= 4 is 5.91 Å². The van der Waals surface area contributed by atoms with Gasteiger partial charge in [-0.05, 0) is 6.92 Å². The molecule has 0 aliphatic heterocycles. The fourth-order valence-corrected chi connectivity index (χ4v) is 0.748. The maximum atomic E-state index is 11.4. The van der Waals surface area contributed by atoms with Gasteiger partial charge in [-0.2, -0.15) is 0 Å². The lowest BCUT2D eigenvalue weighted by Gasteiger charge is -2.17. The normalized spacial score (nSPS) is 11.1. The fourth-order valence-electron chi connectivity index (χ4n) is 0.748. The van der Waals surface area contributed by atoms with E-state index in [1.807, 2.05) is 27.7 Å². The van der Waals surface area contributed by atoms with Gasteiger partial charge in [0.25, 0.3) is 0 Å². The molecule has 0 radical (unpaired) electrons. The van der Waals surface area contributed by atoms with Crippen LogP contribution in [0.5, 0.6) is 0 Å². The van der Waals surface area contributed by atoms with Gasteiger partial charge in [0, 0.05) is 12.0 Å². The fraction of sp³-hybridized carbons (Fsp3) is 0.727. The van der Waals surface area contributed by atoms with Gasteiger partial charge in [-0.25, -0.2) is 0 Å². The molecule has 3 nitrogen and oxygen atoms in total. The van der Waals surface area contributed by atoms with Crippen LogP contribution in [0.4, 0.5) is 0 Å². The molecule has 0 saturated heterocycles. The average Bonchev–Trinajstić information content (AvgIpc) is 2.01. The predicted molar refractivity (Wildman–Crippen MR) is 58.1 cm³/mol. The zero-order chi connectivity index (χ0) is 11.2. The molecule has 1 amide bonds. The lowest BCUT2D eigenvalue weighted by atomic mass is 9.96. The topological polar surface area (TPSA) is 38.3 Å². The van der Waals surface area contributed by atoms with E-state index in [1.54, 1.807) is 0 Å². The molecule has 0 aliphatic carbocycles. The zero-order valence-electron chi connectivity index (χ0n) is 9.64. The summed E-state index contributed by atoms with van der Waals surface area (Å²) in [6, 6.07) is 0. The molecule has 82 valence electrons. The van der Waals surface area contributed by atoms with Crippen LogP contribution in [-0.4, -0.2) is 25.7 Å². The summed E-state index contributed by atoms with van der Waals surface area (Å²) in [5.74, 6) is 0.0522. The van der Waals surface area contributed by atoms with Crippen LogP contribution in [-0.2, 0) is 9.53 Å². The smallest absolute Gasteiger partial charge is 0.225 e. The first kappa shape index (κ1) is 13.2. The summed E-state index contributed by atoms with van der Waals surface area (Å²) in [6.07, 6.45) is 0. The Kier molecular flexibility index (Phi) is 5.46. The van der Waals surface area contributed by atoms with Crippen LogP contribution >= 0.6 is 0 Å². The third-order valence-electron chi connectivity index (χ3n) is 1.56. The van der Waals surface area contributed by atoms with Gasteiger partial charge < -0.3 is 10.1 Å². The highest BCUT2D eigenvalue weighted by Crippen LogP contribution is 2.11. The van der Waals surface area contributed by atoms with Crippen molar-refractivity contribution < 1.29 is 9.53 Å². The molecule has 0 atom stereocenters. The van der Waals surface area contributed by atoms with E-state index in [2.05, 4.69) is 11.9 Å². The summed E-state index contributed by atoms with van der Waals surface area (Å²) >= 11 is 0. The third-order valence-corrected chi connectivity index (χ3v) is 1.56. The Bertz CT molecular complexity index is 204. The van der Waals surface area contributed by atoms with Crippen LogP contribution in [0.2, 0.25) is 0 Å². The molecule has 0 heterocycles. The van der Waals surface area contributed by atoms with E-state index in [0.29, 0.717) is 19.8 Å². The molecule has 0 bridgehead atoms. The van der Waals surface area contributed by atoms with Crippen molar-refractivity contribution in [3.63, 3.8) is 0 Å². The van der Waals surface area contributed by atoms with E-state index in [-0.39, 0.29) is 11.3 Å². The van der Waals surface area contributed by atoms with Gasteiger partial charge >= 0.3 is 0 Å². The maximum absolute atomic E-state index is 11.4. The van der Waals surface area contributed by atoms with Crippen molar-refractivity contribution in [1.82, 2.24) is 5.32 Å². The second-order valence-electron chi connectivity index (χ2n) is 4.52. The highest BCUT2D eigenvalue weighted by molar-refractivity contribution is 5.81. The van der Waals surface area contributed by atoms with Crippen LogP contribution < -0.4 is 5.32 Å². The molecule has 0 fully saturated rings. The first-order valence-electron chi connectivity index (χ1n) is 4.84. The number of hydrogen-bond acceptors (Lipinski definition) is 2. The zero-order valence-corrected chi connectivity index (χ0v) is 9.64. The molecular weight excluding hydrogens is 178 g/mol. The molecule has 0 aliphatic rings. The number of rotatable bonds is 5. The highest BCUT2D eigenvalue weighted by atomic mass is 16.5. The Morgan fingerprint density at radius 1 is 1.43 bits per heavy atom. The average molecular weight is 199 g/mol. The third kappa shape index (κ3) is 6.66. The van der Waals surface area contributed by atoms with Gasteiger partial charge in [0.1, 0.15) is 0 Å². The lowest BCUT2D eigenvalue weighted by molar-refractivity contribution is -0.128. The first-order chi connectivity index (χ1) is 6.34. The van der Waals surface area contributed by atoms with Crippen molar-refractivity contribution in [2.24, 2.45) is 5.41 Å². The minimum atomic E-state index is -0.325. The summed E-state index contributed by atoms with van der Waals surface area (Å²) in [5, 5.41) is 2.80. The van der Waals surface area contributed by atoms with Gasteiger partial charge in [0.05, 0.1) is 13.2 Å². The molecule has 0 aromatic rings. The monoisotopic (exact) mass is 199 g/mol. The second-order valence-corrected chi connectivity index (χ2v) is 4.52. The molecule has 3 heteroatoms. The number of carbonyl (C=O) groups excluding carboxylic acids is 1. The molecule has 0 rings (SSSR count). The summed E-state index contributed by atoms with van der Waals surface area (Å²) in [4.78, 5) is 11.4. The molecule has 0 spiro atoms. The van der Waals surface area contributed by atoms with Gasteiger partial charge in [0.15, 0.2) is 0 Å². The molecule has 0 saturated carbocycles. The van der Waals surface area contributed by atoms with Crippen LogP contribution in [0.1, 0.15) is 27.7 Å². The Morgan fingerprint density at radius 3 is 2.43 bits per heavy atom. The van der Waals surface area contributed by atoms with E-state index in [4.69, 9.17) is 4.74 Å². The first-order valence-corrected chi connectivity index (χ1v) is 4.84. The summed E-state index contributed by atoms with van der Waals surface area (Å²) in [5.41, 5.74) is 0.668. The van der Waals surface area contributed by atoms with E-state index in [9.17, 15) is 4.79 Å². The van der Waals surface area contributed by atoms with E-state index >= 15 is 0 Å². The Morgan fingerprint density at radius 2 is 2.00 bits per heavy atom. The van der Waals surface area contributed by atoms with Gasteiger partial charge in [-0.3, -0.25) is 4.79 Å². The summed E-state index contributed by atoms with van der Waals surface area (Å²) in [6.45, 7) is 12.9. The molecule has 14 heavy (non-hydrogen) atoms. The largest absolute Gasteiger partial charge is 0.375 e. The number of nitrogens with one attached hydrogen (secondary N) is 1. The van der Waals surface area contributed by atoms with Crippen molar-refractivity contribution in [3.8, 4) is 0 Å². The van der Waals surface area contributed by atoms with Crippen molar-refractivity contribution in [2.75, 3.05) is 19.8 Å². The SMILES string of the molecule is C=C(C)COCCNC(=O)C(C)(C)C. The lowest BCUT2D eigenvalue weighted by Crippen LogP contribution is -2.36. The minimum Gasteiger partial charge on any atom is -0.375 e. The molecule has 0 aromatic carbocycles. The standard InChI is InChI=1S/C11H21NO2/c1-9(2)8-14-7-6-12-10(13)11(3,4)5/h1,6-8H2,2-5H3,(H,12,13). The Balaban J connectivity index is 3.46. The van der Waals surface area contributed by atoms with Gasteiger partial charge in [-0.1, -0.05) is 32.9 Å². The summed E-state index contributed by atoms with van der Waals surface area (Å²) in [7, 11) is 0. The number of amides is 1. The van der Waals surface area contributed by atoms with Crippen LogP contribution in [0.15, 0.2) is 12.2 Å². The second kappa shape index (κ2) is 5.81. The van der Waals surface area contributed by atoms with Crippen LogP contribution in [0.25, 0.3) is 0 Å². The van der Waals surface area contributed by atoms with Gasteiger partial charge in [-0.15, -0.1) is 0 Å². The minimum absolute atomic E-state index is 0.0522. The summed E-state index contributed by atoms with van der Waals surface area (Å²) < 4.78 is 5.24.